The second-order valence-corrected chi connectivity index (χ2v) is 4.16. The highest BCUT2D eigenvalue weighted by atomic mass is 35.5. The molecule has 0 radical (unpaired) electrons. The highest BCUT2D eigenvalue weighted by molar-refractivity contribution is 6.17. The van der Waals surface area contributed by atoms with Crippen LogP contribution in [0, 0.1) is 6.92 Å². The average Bonchev–Trinajstić information content (AvgIpc) is 2.75. The summed E-state index contributed by atoms with van der Waals surface area (Å²) in [5.41, 5.74) is 2.38. The van der Waals surface area contributed by atoms with Crippen LogP contribution in [0.2, 0.25) is 0 Å². The normalized spacial score (nSPS) is 10.6. The van der Waals surface area contributed by atoms with E-state index in [0.717, 1.165) is 18.7 Å². The number of halogens is 1. The van der Waals surface area contributed by atoms with Crippen LogP contribution in [0.5, 0.6) is 0 Å². The number of pyridine rings is 1. The van der Waals surface area contributed by atoms with Crippen LogP contribution in [0.15, 0.2) is 30.7 Å². The lowest BCUT2D eigenvalue weighted by molar-refractivity contribution is 0.843. The molecule has 2 aromatic rings. The largest absolute Gasteiger partial charge is 0.237 e. The van der Waals surface area contributed by atoms with E-state index in [2.05, 4.69) is 10.1 Å². The Balaban J connectivity index is 2.18. The summed E-state index contributed by atoms with van der Waals surface area (Å²) in [6, 6.07) is 3.99. The third kappa shape index (κ3) is 2.61. The Kier molecular flexibility index (Phi) is 3.57. The van der Waals surface area contributed by atoms with Crippen molar-refractivity contribution in [3.05, 3.63) is 41.9 Å². The molecule has 0 aromatic carbocycles. The average molecular weight is 236 g/mol. The molecule has 2 heterocycles. The molecule has 0 bridgehead atoms. The summed E-state index contributed by atoms with van der Waals surface area (Å²) in [5.74, 6) is 1.55. The first kappa shape index (κ1) is 11.1. The fourth-order valence-corrected chi connectivity index (χ4v) is 1.66. The van der Waals surface area contributed by atoms with Crippen LogP contribution in [0.1, 0.15) is 17.5 Å². The molecule has 0 atom stereocenters. The van der Waals surface area contributed by atoms with E-state index in [1.807, 2.05) is 31.5 Å². The SMILES string of the molecule is Cc1ccnc(-n2cc(CCCCl)cn2)c1. The number of alkyl halides is 1. The van der Waals surface area contributed by atoms with Gasteiger partial charge in [-0.05, 0) is 43.0 Å². The highest BCUT2D eigenvalue weighted by Crippen LogP contribution is 2.09. The minimum atomic E-state index is 0.688. The number of aryl methyl sites for hydroxylation is 2. The fraction of sp³-hybridized carbons (Fsp3) is 0.333. The monoisotopic (exact) mass is 235 g/mol. The smallest absolute Gasteiger partial charge is 0.153 e. The first-order valence-electron chi connectivity index (χ1n) is 5.32. The fourth-order valence-electron chi connectivity index (χ4n) is 1.53. The molecule has 3 nitrogen and oxygen atoms in total. The Bertz CT molecular complexity index is 465. The van der Waals surface area contributed by atoms with E-state index in [9.17, 15) is 0 Å². The maximum Gasteiger partial charge on any atom is 0.153 e. The molecule has 0 fully saturated rings. The zero-order chi connectivity index (χ0) is 11.4. The Morgan fingerprint density at radius 2 is 2.31 bits per heavy atom. The van der Waals surface area contributed by atoms with Crippen molar-refractivity contribution < 1.29 is 0 Å². The van der Waals surface area contributed by atoms with Gasteiger partial charge in [0, 0.05) is 18.3 Å². The maximum absolute atomic E-state index is 5.66. The minimum absolute atomic E-state index is 0.688. The second-order valence-electron chi connectivity index (χ2n) is 3.78. The molecule has 0 aliphatic rings. The molecular formula is C12H14ClN3. The first-order chi connectivity index (χ1) is 7.79. The lowest BCUT2D eigenvalue weighted by Crippen LogP contribution is -1.97. The number of aromatic nitrogens is 3. The predicted molar refractivity (Wildman–Crippen MR) is 65.1 cm³/mol. The Morgan fingerprint density at radius 3 is 3.06 bits per heavy atom. The molecule has 0 saturated heterocycles. The van der Waals surface area contributed by atoms with Crippen molar-refractivity contribution in [1.29, 1.82) is 0 Å². The van der Waals surface area contributed by atoms with E-state index in [4.69, 9.17) is 11.6 Å². The Hall–Kier alpha value is -1.35. The van der Waals surface area contributed by atoms with E-state index in [1.165, 1.54) is 11.1 Å². The topological polar surface area (TPSA) is 30.7 Å². The van der Waals surface area contributed by atoms with Crippen LogP contribution in [0.25, 0.3) is 5.82 Å². The summed E-state index contributed by atoms with van der Waals surface area (Å²) in [7, 11) is 0. The molecule has 0 N–H and O–H groups in total. The van der Waals surface area contributed by atoms with Crippen LogP contribution in [0.4, 0.5) is 0 Å². The van der Waals surface area contributed by atoms with Crippen molar-refractivity contribution in [1.82, 2.24) is 14.8 Å². The van der Waals surface area contributed by atoms with Gasteiger partial charge in [-0.3, -0.25) is 0 Å². The van der Waals surface area contributed by atoms with Crippen molar-refractivity contribution in [3.8, 4) is 5.82 Å². The van der Waals surface area contributed by atoms with E-state index in [0.29, 0.717) is 5.88 Å². The van der Waals surface area contributed by atoms with Gasteiger partial charge in [0.25, 0.3) is 0 Å². The molecule has 0 saturated carbocycles. The van der Waals surface area contributed by atoms with Gasteiger partial charge < -0.3 is 0 Å². The third-order valence-electron chi connectivity index (χ3n) is 2.37. The summed E-state index contributed by atoms with van der Waals surface area (Å²) in [6.07, 6.45) is 7.62. The quantitative estimate of drug-likeness (QED) is 0.763. The second kappa shape index (κ2) is 5.12. The summed E-state index contributed by atoms with van der Waals surface area (Å²) in [5, 5.41) is 4.29. The van der Waals surface area contributed by atoms with Crippen LogP contribution < -0.4 is 0 Å². The number of rotatable bonds is 4. The van der Waals surface area contributed by atoms with Gasteiger partial charge in [-0.1, -0.05) is 0 Å². The number of hydrogen-bond donors (Lipinski definition) is 0. The van der Waals surface area contributed by atoms with Crippen LogP contribution in [0.3, 0.4) is 0 Å². The molecule has 16 heavy (non-hydrogen) atoms. The van der Waals surface area contributed by atoms with Crippen molar-refractivity contribution in [2.75, 3.05) is 5.88 Å². The number of nitrogens with zero attached hydrogens (tertiary/aromatic N) is 3. The molecule has 0 spiro atoms. The zero-order valence-electron chi connectivity index (χ0n) is 9.23. The predicted octanol–water partition coefficient (Wildman–Crippen LogP) is 2.75. The van der Waals surface area contributed by atoms with Gasteiger partial charge in [0.05, 0.1) is 6.20 Å². The van der Waals surface area contributed by atoms with Gasteiger partial charge in [0.2, 0.25) is 0 Å². The molecule has 2 aromatic heterocycles. The first-order valence-corrected chi connectivity index (χ1v) is 5.85. The molecule has 0 aliphatic heterocycles. The van der Waals surface area contributed by atoms with Gasteiger partial charge in [0.1, 0.15) is 0 Å². The van der Waals surface area contributed by atoms with Crippen molar-refractivity contribution in [3.63, 3.8) is 0 Å². The van der Waals surface area contributed by atoms with Crippen LogP contribution >= 0.6 is 11.6 Å². The van der Waals surface area contributed by atoms with E-state index in [-0.39, 0.29) is 0 Å². The van der Waals surface area contributed by atoms with Gasteiger partial charge in [-0.15, -0.1) is 11.6 Å². The summed E-state index contributed by atoms with van der Waals surface area (Å²) >= 11 is 5.66. The van der Waals surface area contributed by atoms with Gasteiger partial charge in [0.15, 0.2) is 5.82 Å². The Morgan fingerprint density at radius 1 is 1.44 bits per heavy atom. The van der Waals surface area contributed by atoms with Crippen LogP contribution in [-0.2, 0) is 6.42 Å². The molecule has 84 valence electrons. The standard InChI is InChI=1S/C12H14ClN3/c1-10-4-6-14-12(7-10)16-9-11(8-15-16)3-2-5-13/h4,6-9H,2-3,5H2,1H3. The minimum Gasteiger partial charge on any atom is -0.237 e. The molecule has 0 unspecified atom stereocenters. The van der Waals surface area contributed by atoms with Crippen molar-refractivity contribution in [2.45, 2.75) is 19.8 Å². The number of hydrogen-bond acceptors (Lipinski definition) is 2. The van der Waals surface area contributed by atoms with Crippen LogP contribution in [-0.4, -0.2) is 20.6 Å². The maximum atomic E-state index is 5.66. The lowest BCUT2D eigenvalue weighted by atomic mass is 10.2. The van der Waals surface area contributed by atoms with Crippen molar-refractivity contribution >= 4 is 11.6 Å². The Labute approximate surface area is 100 Å². The van der Waals surface area contributed by atoms with E-state index < -0.39 is 0 Å². The molecular weight excluding hydrogens is 222 g/mol. The third-order valence-corrected chi connectivity index (χ3v) is 2.64. The van der Waals surface area contributed by atoms with Crippen molar-refractivity contribution in [2.24, 2.45) is 0 Å². The molecule has 0 amide bonds. The summed E-state index contributed by atoms with van der Waals surface area (Å²) in [6.45, 7) is 2.04. The summed E-state index contributed by atoms with van der Waals surface area (Å²) < 4.78 is 1.80. The highest BCUT2D eigenvalue weighted by Gasteiger charge is 2.01. The summed E-state index contributed by atoms with van der Waals surface area (Å²) in [4.78, 5) is 4.28. The molecule has 0 aliphatic carbocycles. The van der Waals surface area contributed by atoms with Gasteiger partial charge in [-0.25, -0.2) is 9.67 Å². The van der Waals surface area contributed by atoms with Gasteiger partial charge in [-0.2, -0.15) is 5.10 Å². The zero-order valence-corrected chi connectivity index (χ0v) is 9.98. The molecule has 2 rings (SSSR count). The lowest BCUT2D eigenvalue weighted by Gasteiger charge is -2.00. The molecule has 4 heteroatoms. The van der Waals surface area contributed by atoms with Gasteiger partial charge >= 0.3 is 0 Å². The van der Waals surface area contributed by atoms with E-state index >= 15 is 0 Å². The van der Waals surface area contributed by atoms with E-state index in [1.54, 1.807) is 10.9 Å².